The van der Waals surface area contributed by atoms with Crippen molar-refractivity contribution in [1.82, 2.24) is 5.32 Å². The average Bonchev–Trinajstić information content (AvgIpc) is 2.53. The van der Waals surface area contributed by atoms with Crippen LogP contribution in [0.4, 0.5) is 0 Å². The highest BCUT2D eigenvalue weighted by Gasteiger charge is 2.12. The number of fused-ring (bicyclic) bond motifs is 1. The number of rotatable bonds is 3. The molecule has 0 aromatic heterocycles. The fourth-order valence-corrected chi connectivity index (χ4v) is 1.91. The van der Waals surface area contributed by atoms with E-state index < -0.39 is 0 Å². The van der Waals surface area contributed by atoms with E-state index in [9.17, 15) is 0 Å². The first-order chi connectivity index (χ1) is 7.81. The van der Waals surface area contributed by atoms with Crippen molar-refractivity contribution in [3.63, 3.8) is 0 Å². The topological polar surface area (TPSA) is 30.5 Å². The molecule has 2 rings (SSSR count). The van der Waals surface area contributed by atoms with Crippen molar-refractivity contribution in [1.29, 1.82) is 0 Å². The quantitative estimate of drug-likeness (QED) is 0.848. The molecule has 3 nitrogen and oxygen atoms in total. The molecule has 1 aromatic carbocycles. The van der Waals surface area contributed by atoms with E-state index in [0.29, 0.717) is 5.92 Å². The third kappa shape index (κ3) is 2.47. The Hall–Kier alpha value is -1.22. The summed E-state index contributed by atoms with van der Waals surface area (Å²) in [6, 6.07) is 6.24. The lowest BCUT2D eigenvalue weighted by Crippen LogP contribution is -2.14. The average molecular weight is 221 g/mol. The predicted molar refractivity (Wildman–Crippen MR) is 64.4 cm³/mol. The molecule has 1 aliphatic rings. The molecule has 3 heteroatoms. The maximum atomic E-state index is 5.67. The molecule has 0 bridgehead atoms. The first kappa shape index (κ1) is 11.3. The number of benzene rings is 1. The maximum absolute atomic E-state index is 5.67. The van der Waals surface area contributed by atoms with Crippen LogP contribution in [-0.2, 0) is 0 Å². The van der Waals surface area contributed by atoms with Crippen molar-refractivity contribution in [2.45, 2.75) is 19.3 Å². The van der Waals surface area contributed by atoms with Crippen molar-refractivity contribution in [3.05, 3.63) is 23.8 Å². The van der Waals surface area contributed by atoms with Crippen molar-refractivity contribution in [2.75, 3.05) is 26.8 Å². The summed E-state index contributed by atoms with van der Waals surface area (Å²) >= 11 is 0. The molecule has 0 saturated carbocycles. The van der Waals surface area contributed by atoms with Gasteiger partial charge in [-0.3, -0.25) is 0 Å². The summed E-state index contributed by atoms with van der Waals surface area (Å²) in [5.41, 5.74) is 1.29. The molecule has 0 spiro atoms. The zero-order valence-electron chi connectivity index (χ0n) is 9.95. The van der Waals surface area contributed by atoms with Crippen molar-refractivity contribution in [2.24, 2.45) is 0 Å². The molecule has 0 amide bonds. The highest BCUT2D eigenvalue weighted by Crippen LogP contribution is 2.32. The van der Waals surface area contributed by atoms with Crippen LogP contribution >= 0.6 is 0 Å². The Morgan fingerprint density at radius 1 is 1.25 bits per heavy atom. The monoisotopic (exact) mass is 221 g/mol. The Bertz CT molecular complexity index is 352. The summed E-state index contributed by atoms with van der Waals surface area (Å²) < 4.78 is 11.3. The van der Waals surface area contributed by atoms with Gasteiger partial charge < -0.3 is 14.8 Å². The summed E-state index contributed by atoms with van der Waals surface area (Å²) in [7, 11) is 1.97. The minimum absolute atomic E-state index is 0.488. The lowest BCUT2D eigenvalue weighted by Gasteiger charge is -2.14. The molecule has 0 saturated heterocycles. The van der Waals surface area contributed by atoms with Gasteiger partial charge in [0.2, 0.25) is 0 Å². The molecule has 88 valence electrons. The molecular formula is C13H19NO2. The lowest BCUT2D eigenvalue weighted by atomic mass is 10.0. The molecule has 1 unspecified atom stereocenters. The van der Waals surface area contributed by atoms with Gasteiger partial charge >= 0.3 is 0 Å². The van der Waals surface area contributed by atoms with Gasteiger partial charge in [-0.05, 0) is 30.7 Å². The third-order valence-electron chi connectivity index (χ3n) is 2.85. The van der Waals surface area contributed by atoms with Crippen LogP contribution in [0.25, 0.3) is 0 Å². The van der Waals surface area contributed by atoms with Gasteiger partial charge in [-0.1, -0.05) is 13.0 Å². The van der Waals surface area contributed by atoms with Crippen LogP contribution in [0.1, 0.15) is 24.8 Å². The summed E-state index contributed by atoms with van der Waals surface area (Å²) in [5, 5.41) is 3.19. The highest BCUT2D eigenvalue weighted by molar-refractivity contribution is 5.44. The van der Waals surface area contributed by atoms with Crippen LogP contribution in [-0.4, -0.2) is 26.8 Å². The minimum Gasteiger partial charge on any atom is -0.490 e. The second kappa shape index (κ2) is 5.21. The maximum Gasteiger partial charge on any atom is 0.161 e. The van der Waals surface area contributed by atoms with Gasteiger partial charge in [-0.2, -0.15) is 0 Å². The Morgan fingerprint density at radius 3 is 2.75 bits per heavy atom. The molecule has 16 heavy (non-hydrogen) atoms. The number of nitrogens with one attached hydrogen (secondary N) is 1. The van der Waals surface area contributed by atoms with Gasteiger partial charge in [0.25, 0.3) is 0 Å². The summed E-state index contributed by atoms with van der Waals surface area (Å²) in [6.07, 6.45) is 0.954. The Morgan fingerprint density at radius 2 is 2.00 bits per heavy atom. The first-order valence-electron chi connectivity index (χ1n) is 5.85. The Balaban J connectivity index is 2.20. The number of hydrogen-bond donors (Lipinski definition) is 1. The smallest absolute Gasteiger partial charge is 0.161 e. The molecule has 1 aromatic rings. The fraction of sp³-hybridized carbons (Fsp3) is 0.538. The largest absolute Gasteiger partial charge is 0.490 e. The van der Waals surface area contributed by atoms with E-state index in [2.05, 4.69) is 24.4 Å². The van der Waals surface area contributed by atoms with Gasteiger partial charge in [-0.25, -0.2) is 0 Å². The predicted octanol–water partition coefficient (Wildman–Crippen LogP) is 2.17. The molecule has 0 radical (unpaired) electrons. The fourth-order valence-electron chi connectivity index (χ4n) is 1.91. The molecule has 0 aliphatic carbocycles. The second-order valence-electron chi connectivity index (χ2n) is 4.22. The van der Waals surface area contributed by atoms with Crippen LogP contribution in [0.5, 0.6) is 11.5 Å². The SMILES string of the molecule is CNCC(C)c1ccc2c(c1)OCCCO2. The van der Waals surface area contributed by atoms with E-state index in [4.69, 9.17) is 9.47 Å². The van der Waals surface area contributed by atoms with E-state index in [1.165, 1.54) is 5.56 Å². The standard InChI is InChI=1S/C13H19NO2/c1-10(9-14-2)11-4-5-12-13(8-11)16-7-3-6-15-12/h4-5,8,10,14H,3,6-7,9H2,1-2H3. The molecule has 0 fully saturated rings. The molecule has 1 N–H and O–H groups in total. The summed E-state index contributed by atoms with van der Waals surface area (Å²) in [4.78, 5) is 0. The zero-order valence-corrected chi connectivity index (χ0v) is 9.95. The van der Waals surface area contributed by atoms with Gasteiger partial charge in [0.05, 0.1) is 13.2 Å². The van der Waals surface area contributed by atoms with E-state index in [1.54, 1.807) is 0 Å². The Kier molecular flexibility index (Phi) is 3.67. The van der Waals surface area contributed by atoms with Gasteiger partial charge in [0, 0.05) is 13.0 Å². The highest BCUT2D eigenvalue weighted by atomic mass is 16.5. The molecule has 1 atom stereocenters. The molecule has 1 aliphatic heterocycles. The van der Waals surface area contributed by atoms with E-state index in [-0.39, 0.29) is 0 Å². The first-order valence-corrected chi connectivity index (χ1v) is 5.85. The molecular weight excluding hydrogens is 202 g/mol. The Labute approximate surface area is 96.8 Å². The number of ether oxygens (including phenoxy) is 2. The number of hydrogen-bond acceptors (Lipinski definition) is 3. The van der Waals surface area contributed by atoms with Crippen molar-refractivity contribution in [3.8, 4) is 11.5 Å². The zero-order chi connectivity index (χ0) is 11.4. The summed E-state index contributed by atoms with van der Waals surface area (Å²) in [6.45, 7) is 4.67. The van der Waals surface area contributed by atoms with Gasteiger partial charge in [-0.15, -0.1) is 0 Å². The normalized spacial score (nSPS) is 16.6. The van der Waals surface area contributed by atoms with Crippen LogP contribution in [0, 0.1) is 0 Å². The molecule has 1 heterocycles. The van der Waals surface area contributed by atoms with Crippen LogP contribution in [0.3, 0.4) is 0 Å². The van der Waals surface area contributed by atoms with Gasteiger partial charge in [0.15, 0.2) is 11.5 Å². The van der Waals surface area contributed by atoms with Crippen LogP contribution < -0.4 is 14.8 Å². The minimum atomic E-state index is 0.488. The van der Waals surface area contributed by atoms with E-state index in [1.807, 2.05) is 13.1 Å². The van der Waals surface area contributed by atoms with Gasteiger partial charge in [0.1, 0.15) is 0 Å². The second-order valence-corrected chi connectivity index (χ2v) is 4.22. The van der Waals surface area contributed by atoms with Crippen molar-refractivity contribution >= 4 is 0 Å². The summed E-state index contributed by atoms with van der Waals surface area (Å²) in [5.74, 6) is 2.25. The van der Waals surface area contributed by atoms with Crippen LogP contribution in [0.2, 0.25) is 0 Å². The van der Waals surface area contributed by atoms with E-state index >= 15 is 0 Å². The van der Waals surface area contributed by atoms with Crippen molar-refractivity contribution < 1.29 is 9.47 Å². The van der Waals surface area contributed by atoms with Crippen LogP contribution in [0.15, 0.2) is 18.2 Å². The third-order valence-corrected chi connectivity index (χ3v) is 2.85. The van der Waals surface area contributed by atoms with E-state index in [0.717, 1.165) is 37.7 Å². The number of likely N-dealkylation sites (N-methyl/N-ethyl adjacent to an activating group) is 1. The lowest BCUT2D eigenvalue weighted by molar-refractivity contribution is 0.297.